The van der Waals surface area contributed by atoms with Gasteiger partial charge in [0.1, 0.15) is 12.9 Å². The van der Waals surface area contributed by atoms with E-state index < -0.39 is 10.1 Å². The van der Waals surface area contributed by atoms with Gasteiger partial charge in [-0.1, -0.05) is 9.78 Å². The number of hydrogen-bond donors (Lipinski definition) is 0. The molecule has 0 saturated carbocycles. The molecule has 0 N–H and O–H groups in total. The molecule has 0 aliphatic heterocycles. The van der Waals surface area contributed by atoms with Gasteiger partial charge in [-0.25, -0.2) is 8.42 Å². The van der Waals surface area contributed by atoms with Crippen LogP contribution in [0.5, 0.6) is 0 Å². The summed E-state index contributed by atoms with van der Waals surface area (Å²) in [6.07, 6.45) is 4.95. The van der Waals surface area contributed by atoms with Gasteiger partial charge in [0.2, 0.25) is 6.33 Å². The van der Waals surface area contributed by atoms with E-state index in [4.69, 9.17) is 0 Å². The van der Waals surface area contributed by atoms with Crippen LogP contribution in [-0.4, -0.2) is 53.8 Å². The van der Waals surface area contributed by atoms with Crippen LogP contribution < -0.4 is 4.68 Å². The second-order valence-corrected chi connectivity index (χ2v) is 5.22. The molecule has 96 valence electrons. The highest BCUT2D eigenvalue weighted by Crippen LogP contribution is 1.88. The Kier molecular flexibility index (Phi) is 4.58. The van der Waals surface area contributed by atoms with Crippen molar-refractivity contribution < 1.29 is 17.7 Å². The van der Waals surface area contributed by atoms with E-state index >= 15 is 0 Å². The summed E-state index contributed by atoms with van der Waals surface area (Å²) in [7, 11) is -0.461. The van der Waals surface area contributed by atoms with Gasteiger partial charge in [0.05, 0.1) is 10.1 Å². The maximum Gasteiger partial charge on any atom is 0.291 e. The van der Waals surface area contributed by atoms with Gasteiger partial charge in [-0.15, -0.1) is 4.68 Å². The molecule has 1 heterocycles. The van der Waals surface area contributed by atoms with Crippen LogP contribution in [0.15, 0.2) is 17.8 Å². The van der Waals surface area contributed by atoms with Crippen LogP contribution in [0.25, 0.3) is 0 Å². The number of rotatable bonds is 6. The summed E-state index contributed by atoms with van der Waals surface area (Å²) in [5.41, 5.74) is 0. The third kappa shape index (κ3) is 5.97. The quantitative estimate of drug-likeness (QED) is 0.268. The minimum Gasteiger partial charge on any atom is -0.748 e. The fourth-order valence-electron chi connectivity index (χ4n) is 1.06. The van der Waals surface area contributed by atoms with Crippen LogP contribution in [-0.2, 0) is 16.7 Å². The minimum absolute atomic E-state index is 0.241. The van der Waals surface area contributed by atoms with Crippen molar-refractivity contribution in [3.63, 3.8) is 0 Å². The highest BCUT2D eigenvalue weighted by Gasteiger charge is 2.05. The minimum atomic E-state index is -4.14. The first-order valence-corrected chi connectivity index (χ1v) is 6.53. The van der Waals surface area contributed by atoms with E-state index in [1.807, 2.05) is 14.1 Å². The Morgan fingerprint density at radius 1 is 1.59 bits per heavy atom. The first-order valence-electron chi connectivity index (χ1n) is 4.95. The highest BCUT2D eigenvalue weighted by atomic mass is 32.2. The van der Waals surface area contributed by atoms with Crippen LogP contribution in [0.3, 0.4) is 0 Å². The van der Waals surface area contributed by atoms with Crippen molar-refractivity contribution in [2.45, 2.75) is 13.0 Å². The van der Waals surface area contributed by atoms with Crippen LogP contribution >= 0.6 is 0 Å². The van der Waals surface area contributed by atoms with E-state index in [9.17, 15) is 13.0 Å². The van der Waals surface area contributed by atoms with E-state index in [-0.39, 0.29) is 12.2 Å². The SMILES string of the molecule is CN(C)C=Nn1cn[n+](CCCS(=O)(=O)[O-])c1. The monoisotopic (exact) mass is 261 g/mol. The summed E-state index contributed by atoms with van der Waals surface area (Å²) in [5, 5.41) is 8.00. The van der Waals surface area contributed by atoms with Crippen molar-refractivity contribution in [1.29, 1.82) is 0 Å². The van der Waals surface area contributed by atoms with E-state index in [2.05, 4.69) is 10.2 Å². The van der Waals surface area contributed by atoms with Crippen molar-refractivity contribution in [2.24, 2.45) is 5.10 Å². The number of hydrogen-bond acceptors (Lipinski definition) is 5. The molecule has 0 radical (unpaired) electrons. The van der Waals surface area contributed by atoms with E-state index in [0.717, 1.165) is 0 Å². The molecule has 0 aliphatic carbocycles. The topological polar surface area (TPSA) is 94.5 Å². The van der Waals surface area contributed by atoms with Gasteiger partial charge in [0.25, 0.3) is 6.33 Å². The molecule has 0 aromatic carbocycles. The van der Waals surface area contributed by atoms with E-state index in [1.54, 1.807) is 17.6 Å². The molecule has 0 spiro atoms. The summed E-state index contributed by atoms with van der Waals surface area (Å²) in [6, 6.07) is 0. The molecule has 8 nitrogen and oxygen atoms in total. The third-order valence-electron chi connectivity index (χ3n) is 1.77. The fourth-order valence-corrected chi connectivity index (χ4v) is 1.54. The normalized spacial score (nSPS) is 12.2. The Morgan fingerprint density at radius 3 is 2.88 bits per heavy atom. The summed E-state index contributed by atoms with van der Waals surface area (Å²) in [6.45, 7) is 0.367. The van der Waals surface area contributed by atoms with Gasteiger partial charge in [0.15, 0.2) is 0 Å². The zero-order valence-corrected chi connectivity index (χ0v) is 10.5. The lowest BCUT2D eigenvalue weighted by molar-refractivity contribution is -0.751. The Bertz CT molecular complexity index is 479. The maximum atomic E-state index is 10.4. The van der Waals surface area contributed by atoms with Gasteiger partial charge < -0.3 is 9.45 Å². The molecule has 0 amide bonds. The van der Waals surface area contributed by atoms with E-state index in [0.29, 0.717) is 6.54 Å². The molecule has 9 heteroatoms. The fraction of sp³-hybridized carbons (Fsp3) is 0.625. The molecular weight excluding hydrogens is 246 g/mol. The average Bonchev–Trinajstić information content (AvgIpc) is 2.61. The largest absolute Gasteiger partial charge is 0.748 e. The molecule has 0 fully saturated rings. The molecule has 0 atom stereocenters. The van der Waals surface area contributed by atoms with Gasteiger partial charge in [0, 0.05) is 26.3 Å². The molecule has 17 heavy (non-hydrogen) atoms. The standard InChI is InChI=1S/C8H15N5O3S/c1-11(2)6-9-13-7-10-12(8-13)4-3-5-17(14,15)16/h6-8H,3-5H2,1-2H3. The highest BCUT2D eigenvalue weighted by molar-refractivity contribution is 7.85. The number of nitrogens with zero attached hydrogens (tertiary/aromatic N) is 5. The van der Waals surface area contributed by atoms with Crippen molar-refractivity contribution in [2.75, 3.05) is 19.8 Å². The smallest absolute Gasteiger partial charge is 0.291 e. The Hall–Kier alpha value is -1.48. The maximum absolute atomic E-state index is 10.4. The lowest BCUT2D eigenvalue weighted by Crippen LogP contribution is -2.35. The van der Waals surface area contributed by atoms with Crippen LogP contribution in [0.2, 0.25) is 0 Å². The first kappa shape index (κ1) is 13.6. The Labute approximate surface area is 99.9 Å². The molecule has 1 rings (SSSR count). The molecule has 1 aromatic heterocycles. The van der Waals surface area contributed by atoms with Crippen LogP contribution in [0.4, 0.5) is 0 Å². The van der Waals surface area contributed by atoms with Gasteiger partial charge in [-0.05, 0) is 5.10 Å². The second kappa shape index (κ2) is 5.73. The Morgan fingerprint density at radius 2 is 2.29 bits per heavy atom. The van der Waals surface area contributed by atoms with Crippen LogP contribution in [0, 0.1) is 0 Å². The van der Waals surface area contributed by atoms with Crippen molar-refractivity contribution >= 4 is 16.5 Å². The summed E-state index contributed by atoms with van der Waals surface area (Å²) >= 11 is 0. The number of aryl methyl sites for hydroxylation is 1. The van der Waals surface area contributed by atoms with E-state index in [1.165, 1.54) is 15.7 Å². The van der Waals surface area contributed by atoms with Crippen molar-refractivity contribution in [1.82, 2.24) is 14.7 Å². The van der Waals surface area contributed by atoms with Crippen molar-refractivity contribution in [3.05, 3.63) is 12.7 Å². The second-order valence-electron chi connectivity index (χ2n) is 3.70. The summed E-state index contributed by atoms with van der Waals surface area (Å²) in [4.78, 5) is 1.77. The first-order chi connectivity index (χ1) is 7.87. The molecule has 0 unspecified atom stereocenters. The predicted octanol–water partition coefficient (Wildman–Crippen LogP) is -1.54. The number of aromatic nitrogens is 3. The molecule has 1 aromatic rings. The molecular formula is C8H15N5O3S. The van der Waals surface area contributed by atoms with Gasteiger partial charge in [-0.3, -0.25) is 0 Å². The predicted molar refractivity (Wildman–Crippen MR) is 59.2 cm³/mol. The lowest BCUT2D eigenvalue weighted by Gasteiger charge is -2.03. The van der Waals surface area contributed by atoms with Crippen molar-refractivity contribution in [3.8, 4) is 0 Å². The molecule has 0 bridgehead atoms. The average molecular weight is 261 g/mol. The van der Waals surface area contributed by atoms with Gasteiger partial charge in [-0.2, -0.15) is 0 Å². The van der Waals surface area contributed by atoms with Gasteiger partial charge >= 0.3 is 0 Å². The van der Waals surface area contributed by atoms with Crippen LogP contribution in [0.1, 0.15) is 6.42 Å². The molecule has 0 aliphatic rings. The third-order valence-corrected chi connectivity index (χ3v) is 2.56. The zero-order valence-electron chi connectivity index (χ0n) is 9.72. The molecule has 0 saturated heterocycles. The zero-order chi connectivity index (χ0) is 12.9. The summed E-state index contributed by atoms with van der Waals surface area (Å²) in [5.74, 6) is -0.381. The Balaban J connectivity index is 2.46. The summed E-state index contributed by atoms with van der Waals surface area (Å²) < 4.78 is 34.2. The lowest BCUT2D eigenvalue weighted by atomic mass is 10.5.